The second-order valence-corrected chi connectivity index (χ2v) is 6.76. The minimum absolute atomic E-state index is 0.227. The fourth-order valence-electron chi connectivity index (χ4n) is 3.40. The topological polar surface area (TPSA) is 48.0 Å². The monoisotopic (exact) mass is 333 g/mol. The van der Waals surface area contributed by atoms with Crippen LogP contribution < -0.4 is 14.2 Å². The van der Waals surface area contributed by atoms with Crippen LogP contribution in [0.5, 0.6) is 17.2 Å². The number of hydrogen-bond donors (Lipinski definition) is 0. The molecule has 1 aliphatic rings. The summed E-state index contributed by atoms with van der Waals surface area (Å²) in [7, 11) is 8.75. The van der Waals surface area contributed by atoms with Crippen LogP contribution >= 0.6 is 0 Å². The Balaban J connectivity index is 2.37. The van der Waals surface area contributed by atoms with Gasteiger partial charge in [0.15, 0.2) is 17.3 Å². The lowest BCUT2D eigenvalue weighted by Crippen LogP contribution is -2.34. The van der Waals surface area contributed by atoms with Crippen LogP contribution in [0.1, 0.15) is 25.3 Å². The normalized spacial score (nSPS) is 22.3. The lowest BCUT2D eigenvalue weighted by Gasteiger charge is -2.25. The maximum Gasteiger partial charge on any atom is 0.203 e. The Bertz CT molecular complexity index is 626. The van der Waals surface area contributed by atoms with Gasteiger partial charge < -0.3 is 19.1 Å². The van der Waals surface area contributed by atoms with E-state index in [-0.39, 0.29) is 11.2 Å². The minimum atomic E-state index is -0.310. The van der Waals surface area contributed by atoms with E-state index in [4.69, 9.17) is 14.2 Å². The molecular weight excluding hydrogens is 306 g/mol. The molecule has 0 radical (unpaired) electrons. The number of ketones is 1. The standard InChI is InChI=1S/C19H27NO4/c1-19(12-20(2)3)8-7-14(18(19)21)9-13-10-15(22-4)17(24-6)16(11-13)23-5/h9-11H,7-8,12H2,1-6H3/b14-9+. The van der Waals surface area contributed by atoms with E-state index in [1.54, 1.807) is 21.3 Å². The van der Waals surface area contributed by atoms with E-state index in [0.717, 1.165) is 30.5 Å². The van der Waals surface area contributed by atoms with Crippen LogP contribution in [0.4, 0.5) is 0 Å². The fourth-order valence-corrected chi connectivity index (χ4v) is 3.40. The molecular formula is C19H27NO4. The maximum atomic E-state index is 12.8. The number of allylic oxidation sites excluding steroid dienone is 1. The third-order valence-electron chi connectivity index (χ3n) is 4.48. The van der Waals surface area contributed by atoms with Gasteiger partial charge in [-0.2, -0.15) is 0 Å². The van der Waals surface area contributed by atoms with Crippen molar-refractivity contribution in [1.82, 2.24) is 4.90 Å². The summed E-state index contributed by atoms with van der Waals surface area (Å²) < 4.78 is 16.1. The van der Waals surface area contributed by atoms with Gasteiger partial charge >= 0.3 is 0 Å². The highest BCUT2D eigenvalue weighted by molar-refractivity contribution is 6.05. The van der Waals surface area contributed by atoms with Crippen molar-refractivity contribution in [3.05, 3.63) is 23.3 Å². The molecule has 0 saturated heterocycles. The third-order valence-corrected chi connectivity index (χ3v) is 4.48. The Labute approximate surface area is 144 Å². The van der Waals surface area contributed by atoms with Gasteiger partial charge in [0, 0.05) is 12.0 Å². The van der Waals surface area contributed by atoms with E-state index in [2.05, 4.69) is 4.90 Å². The molecule has 2 rings (SSSR count). The van der Waals surface area contributed by atoms with E-state index in [0.29, 0.717) is 17.2 Å². The Morgan fingerprint density at radius 1 is 1.12 bits per heavy atom. The van der Waals surface area contributed by atoms with Crippen LogP contribution in [0.3, 0.4) is 0 Å². The average Bonchev–Trinajstić information content (AvgIpc) is 2.81. The fraction of sp³-hybridized carbons (Fsp3) is 0.526. The van der Waals surface area contributed by atoms with Crippen molar-refractivity contribution in [2.45, 2.75) is 19.8 Å². The zero-order valence-corrected chi connectivity index (χ0v) is 15.4. The molecule has 5 heteroatoms. The summed E-state index contributed by atoms with van der Waals surface area (Å²) in [6.45, 7) is 2.81. The predicted octanol–water partition coefficient (Wildman–Crippen LogP) is 3.03. The van der Waals surface area contributed by atoms with Crippen LogP contribution in [-0.4, -0.2) is 52.7 Å². The molecule has 132 valence electrons. The average molecular weight is 333 g/mol. The molecule has 1 aliphatic carbocycles. The van der Waals surface area contributed by atoms with Crippen LogP contribution in [0.2, 0.25) is 0 Å². The van der Waals surface area contributed by atoms with Crippen LogP contribution in [0, 0.1) is 5.41 Å². The summed E-state index contributed by atoms with van der Waals surface area (Å²) in [5.74, 6) is 1.96. The summed E-state index contributed by atoms with van der Waals surface area (Å²) in [4.78, 5) is 14.9. The summed E-state index contributed by atoms with van der Waals surface area (Å²) in [6.07, 6.45) is 3.60. The first-order chi connectivity index (χ1) is 11.3. The van der Waals surface area contributed by atoms with Gasteiger partial charge in [-0.1, -0.05) is 6.92 Å². The van der Waals surface area contributed by atoms with Crippen molar-refractivity contribution >= 4 is 11.9 Å². The quantitative estimate of drug-likeness (QED) is 0.749. The zero-order valence-electron chi connectivity index (χ0n) is 15.4. The van der Waals surface area contributed by atoms with Crippen molar-refractivity contribution in [3.8, 4) is 17.2 Å². The summed E-state index contributed by atoms with van der Waals surface area (Å²) >= 11 is 0. The van der Waals surface area contributed by atoms with Gasteiger partial charge in [-0.15, -0.1) is 0 Å². The molecule has 24 heavy (non-hydrogen) atoms. The van der Waals surface area contributed by atoms with Gasteiger partial charge in [0.05, 0.1) is 21.3 Å². The van der Waals surface area contributed by atoms with Gasteiger partial charge in [0.1, 0.15) is 0 Å². The van der Waals surface area contributed by atoms with Crippen molar-refractivity contribution in [1.29, 1.82) is 0 Å². The number of ether oxygens (including phenoxy) is 3. The number of rotatable bonds is 6. The van der Waals surface area contributed by atoms with Gasteiger partial charge in [-0.25, -0.2) is 0 Å². The molecule has 0 aromatic heterocycles. The molecule has 1 atom stereocenters. The van der Waals surface area contributed by atoms with Crippen LogP contribution in [-0.2, 0) is 4.79 Å². The van der Waals surface area contributed by atoms with Gasteiger partial charge in [-0.05, 0) is 56.3 Å². The molecule has 1 saturated carbocycles. The SMILES string of the molecule is COc1cc(/C=C2\CCC(C)(CN(C)C)C2=O)cc(OC)c1OC. The van der Waals surface area contributed by atoms with Crippen molar-refractivity contribution < 1.29 is 19.0 Å². The first-order valence-corrected chi connectivity index (χ1v) is 8.04. The first kappa shape index (κ1) is 18.3. The second-order valence-electron chi connectivity index (χ2n) is 6.76. The molecule has 5 nitrogen and oxygen atoms in total. The molecule has 1 unspecified atom stereocenters. The van der Waals surface area contributed by atoms with Gasteiger partial charge in [0.2, 0.25) is 5.75 Å². The van der Waals surface area contributed by atoms with E-state index in [9.17, 15) is 4.79 Å². The van der Waals surface area contributed by atoms with Gasteiger partial charge in [0.25, 0.3) is 0 Å². The predicted molar refractivity (Wildman–Crippen MR) is 95.0 cm³/mol. The minimum Gasteiger partial charge on any atom is -0.493 e. The lowest BCUT2D eigenvalue weighted by molar-refractivity contribution is -0.122. The van der Waals surface area contributed by atoms with Crippen molar-refractivity contribution in [3.63, 3.8) is 0 Å². The number of methoxy groups -OCH3 is 3. The number of Topliss-reactive ketones (excluding diaryl/α,β-unsaturated/α-hetero) is 1. The van der Waals surface area contributed by atoms with Crippen LogP contribution in [0.15, 0.2) is 17.7 Å². The molecule has 0 heterocycles. The smallest absolute Gasteiger partial charge is 0.203 e. The Kier molecular flexibility index (Phi) is 5.54. The van der Waals surface area contributed by atoms with Crippen LogP contribution in [0.25, 0.3) is 6.08 Å². The second kappa shape index (κ2) is 7.26. The highest BCUT2D eigenvalue weighted by Crippen LogP contribution is 2.42. The number of nitrogens with zero attached hydrogens (tertiary/aromatic N) is 1. The van der Waals surface area contributed by atoms with E-state index in [1.165, 1.54) is 0 Å². The van der Waals surface area contributed by atoms with Crippen molar-refractivity contribution in [2.24, 2.45) is 5.41 Å². The number of carbonyl (C=O) groups is 1. The van der Waals surface area contributed by atoms with E-state index < -0.39 is 0 Å². The lowest BCUT2D eigenvalue weighted by atomic mass is 9.86. The number of hydrogen-bond acceptors (Lipinski definition) is 5. The number of benzene rings is 1. The van der Waals surface area contributed by atoms with Crippen molar-refractivity contribution in [2.75, 3.05) is 42.0 Å². The van der Waals surface area contributed by atoms with E-state index >= 15 is 0 Å². The molecule has 0 amide bonds. The summed E-state index contributed by atoms with van der Waals surface area (Å²) in [6, 6.07) is 3.73. The summed E-state index contributed by atoms with van der Waals surface area (Å²) in [5, 5.41) is 0. The molecule has 0 N–H and O–H groups in total. The Morgan fingerprint density at radius 2 is 1.71 bits per heavy atom. The third kappa shape index (κ3) is 3.56. The highest BCUT2D eigenvalue weighted by atomic mass is 16.5. The molecule has 0 aliphatic heterocycles. The van der Waals surface area contributed by atoms with E-state index in [1.807, 2.05) is 39.2 Å². The molecule has 1 aromatic rings. The molecule has 1 fully saturated rings. The Hall–Kier alpha value is -2.01. The highest BCUT2D eigenvalue weighted by Gasteiger charge is 2.40. The molecule has 0 bridgehead atoms. The maximum absolute atomic E-state index is 12.8. The number of carbonyl (C=O) groups excluding carboxylic acids is 1. The Morgan fingerprint density at radius 3 is 2.17 bits per heavy atom. The first-order valence-electron chi connectivity index (χ1n) is 8.04. The van der Waals surface area contributed by atoms with Gasteiger partial charge in [-0.3, -0.25) is 4.79 Å². The molecule has 0 spiro atoms. The summed E-state index contributed by atoms with van der Waals surface area (Å²) in [5.41, 5.74) is 1.42. The largest absolute Gasteiger partial charge is 0.493 e. The zero-order chi connectivity index (χ0) is 17.9. The molecule has 1 aromatic carbocycles.